The largest absolute Gasteiger partial charge is 0.387 e. The van der Waals surface area contributed by atoms with Crippen LogP contribution in [0.4, 0.5) is 0 Å². The van der Waals surface area contributed by atoms with Crippen LogP contribution in [0, 0.1) is 20.8 Å². The fourth-order valence-corrected chi connectivity index (χ4v) is 3.78. The molecule has 3 rings (SSSR count). The molecule has 27 heavy (non-hydrogen) atoms. The number of aliphatic hydroxyl groups is 1. The first-order valence-corrected chi connectivity index (χ1v) is 9.53. The third kappa shape index (κ3) is 4.29. The molecule has 0 radical (unpaired) electrons. The minimum atomic E-state index is -1.08. The highest BCUT2D eigenvalue weighted by molar-refractivity contribution is 5.36. The minimum absolute atomic E-state index is 0.474. The van der Waals surface area contributed by atoms with Crippen molar-refractivity contribution in [2.75, 3.05) is 0 Å². The summed E-state index contributed by atoms with van der Waals surface area (Å²) in [6, 6.07) is 24.1. The van der Waals surface area contributed by atoms with E-state index >= 15 is 0 Å². The summed E-state index contributed by atoms with van der Waals surface area (Å²) in [4.78, 5) is 0. The number of hydrogen-bond donors (Lipinski definition) is 2. The number of aryl methyl sites for hydroxylation is 3. The number of hydrogen-bond acceptors (Lipinski definition) is 2. The SMILES string of the molecule is Cc1ccccc1CC(O)(Cc1ccccc1C)C(N)c1ccccc1C. The monoisotopic (exact) mass is 359 g/mol. The minimum Gasteiger partial charge on any atom is -0.387 e. The standard InChI is InChI=1S/C25H29NO/c1-18-10-4-7-13-21(18)16-25(27,17-22-14-8-5-11-19(22)2)24(26)23-15-9-6-12-20(23)3/h4-15,24,27H,16-17,26H2,1-3H3. The van der Waals surface area contributed by atoms with Gasteiger partial charge in [0, 0.05) is 12.8 Å². The molecule has 0 saturated heterocycles. The van der Waals surface area contributed by atoms with Gasteiger partial charge in [0.15, 0.2) is 0 Å². The molecule has 1 atom stereocenters. The van der Waals surface area contributed by atoms with Crippen molar-refractivity contribution in [3.8, 4) is 0 Å². The second-order valence-corrected chi connectivity index (χ2v) is 7.64. The average molecular weight is 360 g/mol. The summed E-state index contributed by atoms with van der Waals surface area (Å²) in [5.74, 6) is 0. The summed E-state index contributed by atoms with van der Waals surface area (Å²) >= 11 is 0. The van der Waals surface area contributed by atoms with Gasteiger partial charge < -0.3 is 10.8 Å². The first-order valence-electron chi connectivity index (χ1n) is 9.53. The van der Waals surface area contributed by atoms with Crippen molar-refractivity contribution in [2.24, 2.45) is 5.73 Å². The molecular weight excluding hydrogens is 330 g/mol. The van der Waals surface area contributed by atoms with Gasteiger partial charge in [-0.25, -0.2) is 0 Å². The Hall–Kier alpha value is -2.42. The van der Waals surface area contributed by atoms with Gasteiger partial charge >= 0.3 is 0 Å². The lowest BCUT2D eigenvalue weighted by atomic mass is 9.77. The van der Waals surface area contributed by atoms with Crippen LogP contribution in [-0.2, 0) is 12.8 Å². The van der Waals surface area contributed by atoms with Crippen LogP contribution in [0.15, 0.2) is 72.8 Å². The van der Waals surface area contributed by atoms with Gasteiger partial charge in [-0.3, -0.25) is 0 Å². The van der Waals surface area contributed by atoms with Crippen LogP contribution in [0.1, 0.15) is 39.4 Å². The molecule has 0 fully saturated rings. The van der Waals surface area contributed by atoms with Crippen molar-refractivity contribution in [1.29, 1.82) is 0 Å². The van der Waals surface area contributed by atoms with Gasteiger partial charge in [-0.05, 0) is 54.2 Å². The van der Waals surface area contributed by atoms with Gasteiger partial charge in [-0.2, -0.15) is 0 Å². The Kier molecular flexibility index (Phi) is 5.79. The quantitative estimate of drug-likeness (QED) is 0.662. The highest BCUT2D eigenvalue weighted by Gasteiger charge is 2.37. The highest BCUT2D eigenvalue weighted by Crippen LogP contribution is 2.33. The third-order valence-corrected chi connectivity index (χ3v) is 5.62. The molecule has 140 valence electrons. The molecule has 1 unspecified atom stereocenters. The Morgan fingerprint density at radius 3 is 1.56 bits per heavy atom. The van der Waals surface area contributed by atoms with E-state index in [4.69, 9.17) is 5.73 Å². The lowest BCUT2D eigenvalue weighted by Gasteiger charge is -2.36. The Morgan fingerprint density at radius 1 is 0.704 bits per heavy atom. The van der Waals surface area contributed by atoms with E-state index in [1.807, 2.05) is 42.5 Å². The summed E-state index contributed by atoms with van der Waals surface area (Å²) in [5, 5.41) is 11.9. The fraction of sp³-hybridized carbons (Fsp3) is 0.280. The summed E-state index contributed by atoms with van der Waals surface area (Å²) < 4.78 is 0. The van der Waals surface area contributed by atoms with Crippen LogP contribution < -0.4 is 5.73 Å². The van der Waals surface area contributed by atoms with Crippen molar-refractivity contribution in [2.45, 2.75) is 45.3 Å². The van der Waals surface area contributed by atoms with Crippen LogP contribution in [0.2, 0.25) is 0 Å². The summed E-state index contributed by atoms with van der Waals surface area (Å²) in [6.07, 6.45) is 1.03. The van der Waals surface area contributed by atoms with E-state index in [0.29, 0.717) is 12.8 Å². The van der Waals surface area contributed by atoms with Crippen molar-refractivity contribution >= 4 is 0 Å². The van der Waals surface area contributed by atoms with Crippen molar-refractivity contribution in [3.05, 3.63) is 106 Å². The number of nitrogens with two attached hydrogens (primary N) is 1. The maximum atomic E-state index is 11.9. The smallest absolute Gasteiger partial charge is 0.0919 e. The van der Waals surface area contributed by atoms with Gasteiger partial charge in [0.05, 0.1) is 11.6 Å². The number of benzene rings is 3. The molecule has 0 spiro atoms. The fourth-order valence-electron chi connectivity index (χ4n) is 3.78. The van der Waals surface area contributed by atoms with Gasteiger partial charge in [0.1, 0.15) is 0 Å². The van der Waals surface area contributed by atoms with Crippen LogP contribution in [0.3, 0.4) is 0 Å². The lowest BCUT2D eigenvalue weighted by molar-refractivity contribution is 0.0132. The van der Waals surface area contributed by atoms with Gasteiger partial charge in [-0.1, -0.05) is 72.8 Å². The van der Waals surface area contributed by atoms with E-state index in [0.717, 1.165) is 22.3 Å². The summed E-state index contributed by atoms with van der Waals surface area (Å²) in [6.45, 7) is 6.22. The molecule has 3 aromatic rings. The van der Waals surface area contributed by atoms with Gasteiger partial charge in [0.2, 0.25) is 0 Å². The topological polar surface area (TPSA) is 46.2 Å². The van der Waals surface area contributed by atoms with Crippen LogP contribution in [0.5, 0.6) is 0 Å². The zero-order valence-electron chi connectivity index (χ0n) is 16.4. The van der Waals surface area contributed by atoms with Crippen LogP contribution in [0.25, 0.3) is 0 Å². The molecule has 0 amide bonds. The Morgan fingerprint density at radius 2 is 1.11 bits per heavy atom. The molecule has 0 heterocycles. The third-order valence-electron chi connectivity index (χ3n) is 5.62. The molecule has 0 aromatic heterocycles. The first kappa shape index (κ1) is 19.3. The average Bonchev–Trinajstić information content (AvgIpc) is 2.65. The molecule has 0 aliphatic rings. The van der Waals surface area contributed by atoms with E-state index in [1.165, 1.54) is 11.1 Å². The molecule has 0 aliphatic heterocycles. The van der Waals surface area contributed by atoms with E-state index in [-0.39, 0.29) is 0 Å². The molecule has 2 heteroatoms. The zero-order valence-corrected chi connectivity index (χ0v) is 16.4. The summed E-state index contributed by atoms with van der Waals surface area (Å²) in [7, 11) is 0. The van der Waals surface area contributed by atoms with Crippen molar-refractivity contribution in [1.82, 2.24) is 0 Å². The first-order chi connectivity index (χ1) is 12.9. The number of rotatable bonds is 6. The highest BCUT2D eigenvalue weighted by atomic mass is 16.3. The van der Waals surface area contributed by atoms with Crippen LogP contribution >= 0.6 is 0 Å². The predicted molar refractivity (Wildman–Crippen MR) is 113 cm³/mol. The maximum absolute atomic E-state index is 11.9. The van der Waals surface area contributed by atoms with E-state index in [9.17, 15) is 5.11 Å². The van der Waals surface area contributed by atoms with Gasteiger partial charge in [-0.15, -0.1) is 0 Å². The van der Waals surface area contributed by atoms with E-state index in [2.05, 4.69) is 51.1 Å². The Bertz CT molecular complexity index is 868. The van der Waals surface area contributed by atoms with Crippen molar-refractivity contribution in [3.63, 3.8) is 0 Å². The summed E-state index contributed by atoms with van der Waals surface area (Å²) in [5.41, 5.74) is 12.4. The molecular formula is C25H29NO. The predicted octanol–water partition coefficient (Wildman–Crippen LogP) is 4.83. The lowest BCUT2D eigenvalue weighted by Crippen LogP contribution is -2.45. The van der Waals surface area contributed by atoms with Crippen molar-refractivity contribution < 1.29 is 5.11 Å². The zero-order chi connectivity index (χ0) is 19.4. The molecule has 2 nitrogen and oxygen atoms in total. The molecule has 0 aliphatic carbocycles. The van der Waals surface area contributed by atoms with E-state index < -0.39 is 11.6 Å². The van der Waals surface area contributed by atoms with E-state index in [1.54, 1.807) is 0 Å². The van der Waals surface area contributed by atoms with Gasteiger partial charge in [0.25, 0.3) is 0 Å². The molecule has 0 bridgehead atoms. The Labute approximate surface area is 162 Å². The maximum Gasteiger partial charge on any atom is 0.0919 e. The Balaban J connectivity index is 2.04. The molecule has 0 saturated carbocycles. The second kappa shape index (κ2) is 8.08. The molecule has 3 aromatic carbocycles. The second-order valence-electron chi connectivity index (χ2n) is 7.64. The van der Waals surface area contributed by atoms with Crippen LogP contribution in [-0.4, -0.2) is 10.7 Å². The normalized spacial score (nSPS) is 12.8. The molecule has 3 N–H and O–H groups in total.